The Kier molecular flexibility index (Phi) is 8.17. The van der Waals surface area contributed by atoms with E-state index in [2.05, 4.69) is 15.6 Å². The number of benzene rings is 2. The molecule has 148 valence electrons. The minimum Gasteiger partial charge on any atom is -0.370 e. The molecule has 2 aromatic rings. The van der Waals surface area contributed by atoms with Crippen molar-refractivity contribution in [3.8, 4) is 0 Å². The lowest BCUT2D eigenvalue weighted by Gasteiger charge is -2.22. The average Bonchev–Trinajstić information content (AvgIpc) is 2.68. The summed E-state index contributed by atoms with van der Waals surface area (Å²) < 4.78 is 0. The summed E-state index contributed by atoms with van der Waals surface area (Å²) in [7, 11) is 1.83. The number of carbonyl (C=O) groups is 2. The van der Waals surface area contributed by atoms with Crippen LogP contribution in [0.3, 0.4) is 0 Å². The molecule has 7 heteroatoms. The maximum Gasteiger partial charge on any atom is 0.271 e. The SMILES string of the molecule is CNCCC[C@H](NC(=O)C(c1ccccc1)c1ccccc1)C(=O)N=C(N)N. The number of nitrogens with two attached hydrogens (primary N) is 2. The van der Waals surface area contributed by atoms with Gasteiger partial charge in [0.25, 0.3) is 5.91 Å². The predicted molar refractivity (Wildman–Crippen MR) is 111 cm³/mol. The minimum absolute atomic E-state index is 0.272. The van der Waals surface area contributed by atoms with Gasteiger partial charge in [-0.25, -0.2) is 0 Å². The van der Waals surface area contributed by atoms with Crippen molar-refractivity contribution in [2.24, 2.45) is 16.5 Å². The van der Waals surface area contributed by atoms with Gasteiger partial charge in [0.15, 0.2) is 5.96 Å². The van der Waals surface area contributed by atoms with Crippen molar-refractivity contribution < 1.29 is 9.59 Å². The first-order valence-corrected chi connectivity index (χ1v) is 9.21. The molecule has 1 atom stereocenters. The number of hydrogen-bond donors (Lipinski definition) is 4. The van der Waals surface area contributed by atoms with Crippen LogP contribution < -0.4 is 22.1 Å². The number of guanidine groups is 1. The van der Waals surface area contributed by atoms with E-state index in [9.17, 15) is 9.59 Å². The van der Waals surface area contributed by atoms with Gasteiger partial charge in [0.05, 0.1) is 5.92 Å². The Morgan fingerprint density at radius 2 is 1.50 bits per heavy atom. The van der Waals surface area contributed by atoms with E-state index in [0.29, 0.717) is 19.4 Å². The third-order valence-electron chi connectivity index (χ3n) is 4.30. The summed E-state index contributed by atoms with van der Waals surface area (Å²) >= 11 is 0. The van der Waals surface area contributed by atoms with Gasteiger partial charge in [-0.1, -0.05) is 60.7 Å². The first-order valence-electron chi connectivity index (χ1n) is 9.21. The van der Waals surface area contributed by atoms with Crippen LogP contribution in [0.1, 0.15) is 29.9 Å². The second-order valence-electron chi connectivity index (χ2n) is 6.44. The number of aliphatic imine (C=N–C) groups is 1. The number of nitrogens with zero attached hydrogens (tertiary/aromatic N) is 1. The van der Waals surface area contributed by atoms with Crippen LogP contribution in [0.5, 0.6) is 0 Å². The number of nitrogens with one attached hydrogen (secondary N) is 2. The van der Waals surface area contributed by atoms with E-state index in [-0.39, 0.29) is 11.9 Å². The van der Waals surface area contributed by atoms with E-state index in [1.54, 1.807) is 0 Å². The Hall–Kier alpha value is -3.19. The molecule has 28 heavy (non-hydrogen) atoms. The molecule has 0 saturated heterocycles. The maximum atomic E-state index is 13.2. The third kappa shape index (κ3) is 6.21. The molecule has 0 aliphatic carbocycles. The largest absolute Gasteiger partial charge is 0.370 e. The van der Waals surface area contributed by atoms with Crippen LogP contribution in [0.15, 0.2) is 65.7 Å². The molecule has 2 rings (SSSR count). The lowest BCUT2D eigenvalue weighted by Crippen LogP contribution is -2.44. The number of carbonyl (C=O) groups excluding carboxylic acids is 2. The summed E-state index contributed by atoms with van der Waals surface area (Å²) in [6.45, 7) is 0.711. The van der Waals surface area contributed by atoms with E-state index in [0.717, 1.165) is 11.1 Å². The van der Waals surface area contributed by atoms with Crippen LogP contribution in [0.25, 0.3) is 0 Å². The molecule has 0 heterocycles. The van der Waals surface area contributed by atoms with Gasteiger partial charge in [0, 0.05) is 0 Å². The Bertz CT molecular complexity index is 749. The highest BCUT2D eigenvalue weighted by Gasteiger charge is 2.27. The summed E-state index contributed by atoms with van der Waals surface area (Å²) in [4.78, 5) is 29.2. The second-order valence-corrected chi connectivity index (χ2v) is 6.44. The first-order chi connectivity index (χ1) is 13.5. The first kappa shape index (κ1) is 21.1. The van der Waals surface area contributed by atoms with Gasteiger partial charge in [-0.05, 0) is 37.6 Å². The summed E-state index contributed by atoms with van der Waals surface area (Å²) in [5, 5.41) is 5.87. The van der Waals surface area contributed by atoms with Gasteiger partial charge in [0.1, 0.15) is 6.04 Å². The van der Waals surface area contributed by atoms with Crippen LogP contribution in [0, 0.1) is 0 Å². The van der Waals surface area contributed by atoms with E-state index in [1.807, 2.05) is 67.7 Å². The molecule has 0 radical (unpaired) electrons. The van der Waals surface area contributed by atoms with Crippen molar-refractivity contribution in [1.82, 2.24) is 10.6 Å². The fraction of sp³-hybridized carbons (Fsp3) is 0.286. The highest BCUT2D eigenvalue weighted by Crippen LogP contribution is 2.25. The standard InChI is InChI=1S/C21H27N5O2/c1-24-14-8-13-17(19(27)26-21(22)23)25-20(28)18(15-9-4-2-5-10-15)16-11-6-3-7-12-16/h2-7,9-12,17-18,24H,8,13-14H2,1H3,(H,25,28)(H4,22,23,26,27)/t17-/m0/s1. The summed E-state index contributed by atoms with van der Waals surface area (Å²) in [5.41, 5.74) is 12.4. The van der Waals surface area contributed by atoms with E-state index in [1.165, 1.54) is 0 Å². The van der Waals surface area contributed by atoms with Gasteiger partial charge in [-0.2, -0.15) is 4.99 Å². The number of rotatable bonds is 9. The molecule has 0 aliphatic rings. The summed E-state index contributed by atoms with van der Waals surface area (Å²) in [6.07, 6.45) is 1.12. The lowest BCUT2D eigenvalue weighted by molar-refractivity contribution is -0.127. The fourth-order valence-electron chi connectivity index (χ4n) is 2.99. The third-order valence-corrected chi connectivity index (χ3v) is 4.30. The highest BCUT2D eigenvalue weighted by molar-refractivity contribution is 5.97. The van der Waals surface area contributed by atoms with Crippen molar-refractivity contribution in [3.05, 3.63) is 71.8 Å². The topological polar surface area (TPSA) is 123 Å². The highest BCUT2D eigenvalue weighted by atomic mass is 16.2. The second kappa shape index (κ2) is 10.8. The van der Waals surface area contributed by atoms with Crippen molar-refractivity contribution in [2.75, 3.05) is 13.6 Å². The summed E-state index contributed by atoms with van der Waals surface area (Å²) in [6, 6.07) is 18.1. The van der Waals surface area contributed by atoms with Gasteiger partial charge < -0.3 is 22.1 Å². The molecule has 0 spiro atoms. The molecule has 6 N–H and O–H groups in total. The van der Waals surface area contributed by atoms with Gasteiger partial charge in [0.2, 0.25) is 5.91 Å². The van der Waals surface area contributed by atoms with Gasteiger partial charge in [-0.3, -0.25) is 9.59 Å². The quantitative estimate of drug-likeness (QED) is 0.294. The van der Waals surface area contributed by atoms with Crippen molar-refractivity contribution >= 4 is 17.8 Å². The molecule has 0 saturated carbocycles. The molecule has 0 bridgehead atoms. The van der Waals surface area contributed by atoms with Crippen molar-refractivity contribution in [1.29, 1.82) is 0 Å². The predicted octanol–water partition coefficient (Wildman–Crippen LogP) is 1.10. The van der Waals surface area contributed by atoms with E-state index >= 15 is 0 Å². The van der Waals surface area contributed by atoms with Crippen LogP contribution in [0.2, 0.25) is 0 Å². The Morgan fingerprint density at radius 3 is 1.96 bits per heavy atom. The number of hydrogen-bond acceptors (Lipinski definition) is 3. The normalized spacial score (nSPS) is 11.6. The van der Waals surface area contributed by atoms with E-state index in [4.69, 9.17) is 11.5 Å². The zero-order valence-corrected chi connectivity index (χ0v) is 16.0. The fourth-order valence-corrected chi connectivity index (χ4v) is 2.99. The maximum absolute atomic E-state index is 13.2. The molecule has 0 fully saturated rings. The zero-order valence-electron chi connectivity index (χ0n) is 16.0. The van der Waals surface area contributed by atoms with Crippen molar-refractivity contribution in [3.63, 3.8) is 0 Å². The van der Waals surface area contributed by atoms with Gasteiger partial charge in [-0.15, -0.1) is 0 Å². The average molecular weight is 381 g/mol. The van der Waals surface area contributed by atoms with Crippen LogP contribution in [-0.4, -0.2) is 37.4 Å². The van der Waals surface area contributed by atoms with Crippen LogP contribution >= 0.6 is 0 Å². The van der Waals surface area contributed by atoms with Crippen molar-refractivity contribution in [2.45, 2.75) is 24.8 Å². The minimum atomic E-state index is -0.794. The Balaban J connectivity index is 2.28. The molecule has 7 nitrogen and oxygen atoms in total. The molecule has 0 unspecified atom stereocenters. The Labute approximate surface area is 165 Å². The molecule has 0 aromatic heterocycles. The van der Waals surface area contributed by atoms with Crippen LogP contribution in [-0.2, 0) is 9.59 Å². The van der Waals surface area contributed by atoms with Crippen LogP contribution in [0.4, 0.5) is 0 Å². The van der Waals surface area contributed by atoms with E-state index < -0.39 is 17.9 Å². The number of amides is 2. The van der Waals surface area contributed by atoms with Gasteiger partial charge >= 0.3 is 0 Å². The molecule has 2 amide bonds. The molecular formula is C21H27N5O2. The molecule has 0 aliphatic heterocycles. The summed E-state index contributed by atoms with van der Waals surface area (Å²) in [5.74, 6) is -1.68. The Morgan fingerprint density at radius 1 is 0.964 bits per heavy atom. The lowest BCUT2D eigenvalue weighted by atomic mass is 9.90. The monoisotopic (exact) mass is 381 g/mol. The molecular weight excluding hydrogens is 354 g/mol. The molecule has 2 aromatic carbocycles. The smallest absolute Gasteiger partial charge is 0.271 e. The zero-order chi connectivity index (χ0) is 20.4.